The second kappa shape index (κ2) is 6.67. The summed E-state index contributed by atoms with van der Waals surface area (Å²) in [6.45, 7) is 2.48. The fraction of sp³-hybridized carbons (Fsp3) is 0.467. The topological polar surface area (TPSA) is 57.6 Å². The lowest BCUT2D eigenvalue weighted by molar-refractivity contribution is -0.144. The van der Waals surface area contributed by atoms with Gasteiger partial charge in [-0.25, -0.2) is 4.79 Å². The molecule has 1 aromatic carbocycles. The van der Waals surface area contributed by atoms with E-state index in [2.05, 4.69) is 0 Å². The van der Waals surface area contributed by atoms with Gasteiger partial charge in [0.05, 0.1) is 0 Å². The standard InChI is InChI=1S/C15H17Cl2NO3/c1-2-9-3-4-18(13(5-9)15(20)21)14(19)10-6-11(16)8-12(17)7-10/h6-9,13H,2-5H2,1H3,(H,20,21). The first-order valence-electron chi connectivity index (χ1n) is 6.92. The summed E-state index contributed by atoms with van der Waals surface area (Å²) in [6.07, 6.45) is 2.24. The van der Waals surface area contributed by atoms with E-state index in [9.17, 15) is 14.7 Å². The SMILES string of the molecule is CCC1CCN(C(=O)c2cc(Cl)cc(Cl)c2)C(C(=O)O)C1. The Kier molecular flexibility index (Phi) is 5.12. The van der Waals surface area contributed by atoms with Crippen molar-refractivity contribution in [2.24, 2.45) is 5.92 Å². The van der Waals surface area contributed by atoms with Crippen LogP contribution in [0.1, 0.15) is 36.5 Å². The first kappa shape index (κ1) is 16.1. The molecule has 1 aliphatic rings. The lowest BCUT2D eigenvalue weighted by atomic mass is 9.88. The van der Waals surface area contributed by atoms with Crippen molar-refractivity contribution in [1.29, 1.82) is 0 Å². The fourth-order valence-corrected chi connectivity index (χ4v) is 3.26. The van der Waals surface area contributed by atoms with Gasteiger partial charge in [0, 0.05) is 22.2 Å². The molecule has 2 rings (SSSR count). The van der Waals surface area contributed by atoms with Crippen LogP contribution in [-0.2, 0) is 4.79 Å². The smallest absolute Gasteiger partial charge is 0.326 e. The molecule has 0 saturated carbocycles. The van der Waals surface area contributed by atoms with Gasteiger partial charge in [-0.1, -0.05) is 36.5 Å². The van der Waals surface area contributed by atoms with Crippen molar-refractivity contribution in [2.45, 2.75) is 32.2 Å². The molecule has 2 unspecified atom stereocenters. The van der Waals surface area contributed by atoms with E-state index in [0.717, 1.165) is 12.8 Å². The Morgan fingerprint density at radius 1 is 1.29 bits per heavy atom. The molecule has 1 fully saturated rings. The molecule has 0 radical (unpaired) electrons. The van der Waals surface area contributed by atoms with Crippen LogP contribution in [0.4, 0.5) is 0 Å². The number of carboxylic acids is 1. The van der Waals surface area contributed by atoms with E-state index in [4.69, 9.17) is 23.2 Å². The second-order valence-corrected chi connectivity index (χ2v) is 6.18. The number of hydrogen-bond donors (Lipinski definition) is 1. The molecule has 21 heavy (non-hydrogen) atoms. The summed E-state index contributed by atoms with van der Waals surface area (Å²) in [5.41, 5.74) is 0.327. The average molecular weight is 330 g/mol. The van der Waals surface area contributed by atoms with Crippen molar-refractivity contribution in [3.8, 4) is 0 Å². The van der Waals surface area contributed by atoms with Gasteiger partial charge in [0.15, 0.2) is 0 Å². The van der Waals surface area contributed by atoms with E-state index < -0.39 is 12.0 Å². The molecule has 0 aromatic heterocycles. The fourth-order valence-electron chi connectivity index (χ4n) is 2.73. The van der Waals surface area contributed by atoms with E-state index in [1.165, 1.54) is 23.1 Å². The zero-order chi connectivity index (χ0) is 15.6. The molecule has 1 amide bonds. The molecule has 0 bridgehead atoms. The first-order valence-corrected chi connectivity index (χ1v) is 7.67. The number of benzene rings is 1. The summed E-state index contributed by atoms with van der Waals surface area (Å²) in [5, 5.41) is 10.1. The van der Waals surface area contributed by atoms with Gasteiger partial charge in [0.25, 0.3) is 5.91 Å². The van der Waals surface area contributed by atoms with Crippen LogP contribution in [0.5, 0.6) is 0 Å². The molecule has 1 saturated heterocycles. The van der Waals surface area contributed by atoms with E-state index in [1.807, 2.05) is 6.92 Å². The van der Waals surface area contributed by atoms with Crippen LogP contribution in [0.3, 0.4) is 0 Å². The summed E-state index contributed by atoms with van der Waals surface area (Å²) in [6, 6.07) is 3.79. The third kappa shape index (κ3) is 3.69. The summed E-state index contributed by atoms with van der Waals surface area (Å²) in [7, 11) is 0. The second-order valence-electron chi connectivity index (χ2n) is 5.31. The highest BCUT2D eigenvalue weighted by atomic mass is 35.5. The molecule has 1 heterocycles. The third-order valence-electron chi connectivity index (χ3n) is 3.94. The molecule has 4 nitrogen and oxygen atoms in total. The number of piperidine rings is 1. The maximum Gasteiger partial charge on any atom is 0.326 e. The van der Waals surface area contributed by atoms with Gasteiger partial charge in [0.2, 0.25) is 0 Å². The van der Waals surface area contributed by atoms with Crippen molar-refractivity contribution >= 4 is 35.1 Å². The number of rotatable bonds is 3. The minimum absolute atomic E-state index is 0.327. The minimum Gasteiger partial charge on any atom is -0.480 e. The molecular formula is C15H17Cl2NO3. The summed E-state index contributed by atoms with van der Waals surface area (Å²) < 4.78 is 0. The van der Waals surface area contributed by atoms with Crippen LogP contribution >= 0.6 is 23.2 Å². The number of amides is 1. The number of nitrogens with zero attached hydrogens (tertiary/aromatic N) is 1. The Morgan fingerprint density at radius 3 is 2.43 bits per heavy atom. The van der Waals surface area contributed by atoms with Crippen LogP contribution in [0, 0.1) is 5.92 Å². The number of carboxylic acid groups (broad SMARTS) is 1. The number of carbonyl (C=O) groups excluding carboxylic acids is 1. The molecule has 1 N–H and O–H groups in total. The van der Waals surface area contributed by atoms with E-state index >= 15 is 0 Å². The Bertz CT molecular complexity index is 542. The first-order chi connectivity index (χ1) is 9.92. The molecule has 1 aliphatic heterocycles. The van der Waals surface area contributed by atoms with Gasteiger partial charge in [0.1, 0.15) is 6.04 Å². The normalized spacial score (nSPS) is 22.1. The highest BCUT2D eigenvalue weighted by Gasteiger charge is 2.36. The van der Waals surface area contributed by atoms with Gasteiger partial charge in [-0.3, -0.25) is 4.79 Å². The summed E-state index contributed by atoms with van der Waals surface area (Å²) in [5.74, 6) is -0.950. The third-order valence-corrected chi connectivity index (χ3v) is 4.38. The van der Waals surface area contributed by atoms with Crippen LogP contribution in [-0.4, -0.2) is 34.5 Å². The quantitative estimate of drug-likeness (QED) is 0.919. The van der Waals surface area contributed by atoms with Crippen LogP contribution in [0.2, 0.25) is 10.0 Å². The van der Waals surface area contributed by atoms with Crippen molar-refractivity contribution in [2.75, 3.05) is 6.54 Å². The van der Waals surface area contributed by atoms with Crippen molar-refractivity contribution in [3.63, 3.8) is 0 Å². The molecule has 114 valence electrons. The van der Waals surface area contributed by atoms with E-state index in [1.54, 1.807) is 0 Å². The van der Waals surface area contributed by atoms with Crippen molar-refractivity contribution < 1.29 is 14.7 Å². The van der Waals surface area contributed by atoms with Crippen LogP contribution in [0.25, 0.3) is 0 Å². The Morgan fingerprint density at radius 2 is 1.90 bits per heavy atom. The monoisotopic (exact) mass is 329 g/mol. The van der Waals surface area contributed by atoms with Crippen molar-refractivity contribution in [3.05, 3.63) is 33.8 Å². The average Bonchev–Trinajstić information content (AvgIpc) is 2.44. The molecule has 2 atom stereocenters. The number of carbonyl (C=O) groups is 2. The maximum absolute atomic E-state index is 12.6. The van der Waals surface area contributed by atoms with Gasteiger partial charge in [-0.15, -0.1) is 0 Å². The summed E-state index contributed by atoms with van der Waals surface area (Å²) in [4.78, 5) is 25.4. The Balaban J connectivity index is 2.26. The molecule has 6 heteroatoms. The van der Waals surface area contributed by atoms with Crippen LogP contribution in [0.15, 0.2) is 18.2 Å². The Labute approximate surface area is 133 Å². The number of likely N-dealkylation sites (tertiary alicyclic amines) is 1. The zero-order valence-corrected chi connectivity index (χ0v) is 13.2. The largest absolute Gasteiger partial charge is 0.480 e. The predicted octanol–water partition coefficient (Wildman–Crippen LogP) is 3.71. The molecular weight excluding hydrogens is 313 g/mol. The van der Waals surface area contributed by atoms with E-state index in [0.29, 0.717) is 34.5 Å². The zero-order valence-electron chi connectivity index (χ0n) is 11.7. The van der Waals surface area contributed by atoms with Gasteiger partial charge < -0.3 is 10.0 Å². The van der Waals surface area contributed by atoms with Crippen LogP contribution < -0.4 is 0 Å². The predicted molar refractivity (Wildman–Crippen MR) is 81.9 cm³/mol. The number of hydrogen-bond acceptors (Lipinski definition) is 2. The summed E-state index contributed by atoms with van der Waals surface area (Å²) >= 11 is 11.8. The molecule has 0 aliphatic carbocycles. The Hall–Kier alpha value is -1.26. The highest BCUT2D eigenvalue weighted by Crippen LogP contribution is 2.28. The molecule has 1 aromatic rings. The van der Waals surface area contributed by atoms with Crippen molar-refractivity contribution in [1.82, 2.24) is 4.90 Å². The minimum atomic E-state index is -0.963. The highest BCUT2D eigenvalue weighted by molar-refractivity contribution is 6.35. The number of halogens is 2. The van der Waals surface area contributed by atoms with Gasteiger partial charge in [-0.2, -0.15) is 0 Å². The van der Waals surface area contributed by atoms with E-state index in [-0.39, 0.29) is 5.91 Å². The number of aliphatic carboxylic acids is 1. The molecule has 0 spiro atoms. The lowest BCUT2D eigenvalue weighted by Crippen LogP contribution is -2.50. The van der Waals surface area contributed by atoms with Gasteiger partial charge in [-0.05, 0) is 37.0 Å². The maximum atomic E-state index is 12.6. The lowest BCUT2D eigenvalue weighted by Gasteiger charge is -2.37. The van der Waals surface area contributed by atoms with Gasteiger partial charge >= 0.3 is 5.97 Å².